The van der Waals surface area contributed by atoms with Crippen molar-refractivity contribution in [2.75, 3.05) is 11.5 Å². The minimum Gasteiger partial charge on any atom is -0.327 e. The van der Waals surface area contributed by atoms with Crippen LogP contribution in [-0.2, 0) is 6.42 Å². The van der Waals surface area contributed by atoms with Crippen LogP contribution in [0.2, 0.25) is 0 Å². The Balaban J connectivity index is 2.28. The van der Waals surface area contributed by atoms with Crippen LogP contribution in [0.15, 0.2) is 22.8 Å². The second kappa shape index (κ2) is 7.30. The molecule has 16 heavy (non-hydrogen) atoms. The van der Waals surface area contributed by atoms with Gasteiger partial charge in [-0.2, -0.15) is 11.8 Å². The lowest BCUT2D eigenvalue weighted by Crippen LogP contribution is -2.26. The third-order valence-corrected chi connectivity index (χ3v) is 4.08. The van der Waals surface area contributed by atoms with E-state index in [0.717, 1.165) is 28.3 Å². The van der Waals surface area contributed by atoms with Gasteiger partial charge in [-0.3, -0.25) is 4.98 Å². The van der Waals surface area contributed by atoms with Crippen LogP contribution in [0.5, 0.6) is 0 Å². The number of nitrogens with zero attached hydrogens (tertiary/aromatic N) is 1. The third kappa shape index (κ3) is 5.87. The highest BCUT2D eigenvalue weighted by atomic mass is 79.9. The Hall–Kier alpha value is -0.0600. The van der Waals surface area contributed by atoms with Crippen molar-refractivity contribution in [3.63, 3.8) is 0 Å². The maximum absolute atomic E-state index is 6.06. The number of aromatic nitrogens is 1. The van der Waals surface area contributed by atoms with Crippen molar-refractivity contribution in [2.24, 2.45) is 11.7 Å². The Kier molecular flexibility index (Phi) is 6.39. The molecule has 0 amide bonds. The Bertz CT molecular complexity index is 300. The number of rotatable bonds is 6. The van der Waals surface area contributed by atoms with Crippen LogP contribution in [0, 0.1) is 5.92 Å². The van der Waals surface area contributed by atoms with Crippen molar-refractivity contribution in [1.29, 1.82) is 0 Å². The zero-order chi connectivity index (χ0) is 12.0. The summed E-state index contributed by atoms with van der Waals surface area (Å²) >= 11 is 5.30. The molecule has 0 fully saturated rings. The number of halogens is 1. The molecule has 0 saturated carbocycles. The van der Waals surface area contributed by atoms with Gasteiger partial charge in [0.05, 0.1) is 0 Å². The van der Waals surface area contributed by atoms with Crippen molar-refractivity contribution < 1.29 is 0 Å². The molecule has 90 valence electrons. The van der Waals surface area contributed by atoms with Crippen LogP contribution in [0.1, 0.15) is 19.5 Å². The highest BCUT2D eigenvalue weighted by Crippen LogP contribution is 2.12. The Labute approximate surface area is 111 Å². The predicted molar refractivity (Wildman–Crippen MR) is 75.8 cm³/mol. The summed E-state index contributed by atoms with van der Waals surface area (Å²) in [6.07, 6.45) is 2.68. The van der Waals surface area contributed by atoms with Gasteiger partial charge < -0.3 is 5.73 Å². The summed E-state index contributed by atoms with van der Waals surface area (Å²) in [5, 5.41) is 0. The number of nitrogens with two attached hydrogens (primary N) is 1. The van der Waals surface area contributed by atoms with Crippen LogP contribution >= 0.6 is 27.7 Å². The molecular weight excluding hydrogens is 284 g/mol. The molecule has 1 heterocycles. The van der Waals surface area contributed by atoms with Crippen molar-refractivity contribution in [3.8, 4) is 0 Å². The molecule has 2 nitrogen and oxygen atoms in total. The van der Waals surface area contributed by atoms with Gasteiger partial charge in [0.2, 0.25) is 0 Å². The van der Waals surface area contributed by atoms with Crippen molar-refractivity contribution in [2.45, 2.75) is 26.3 Å². The second-order valence-electron chi connectivity index (χ2n) is 4.36. The smallest absolute Gasteiger partial charge is 0.0420 e. The van der Waals surface area contributed by atoms with E-state index >= 15 is 0 Å². The number of thioether (sulfide) groups is 1. The van der Waals surface area contributed by atoms with Gasteiger partial charge in [0.25, 0.3) is 0 Å². The molecule has 1 rings (SSSR count). The molecule has 0 aliphatic heterocycles. The highest BCUT2D eigenvalue weighted by molar-refractivity contribution is 9.10. The van der Waals surface area contributed by atoms with Crippen LogP contribution in [0.4, 0.5) is 0 Å². The monoisotopic (exact) mass is 302 g/mol. The Morgan fingerprint density at radius 3 is 2.69 bits per heavy atom. The summed E-state index contributed by atoms with van der Waals surface area (Å²) in [4.78, 5) is 4.33. The normalized spacial score (nSPS) is 13.1. The summed E-state index contributed by atoms with van der Waals surface area (Å²) in [5.41, 5.74) is 7.13. The van der Waals surface area contributed by atoms with E-state index in [1.807, 2.05) is 30.1 Å². The molecule has 0 radical (unpaired) electrons. The average Bonchev–Trinajstić information content (AvgIpc) is 2.21. The molecule has 0 aliphatic rings. The summed E-state index contributed by atoms with van der Waals surface area (Å²) in [6.45, 7) is 4.46. The van der Waals surface area contributed by atoms with Crippen LogP contribution < -0.4 is 5.73 Å². The lowest BCUT2D eigenvalue weighted by molar-refractivity contribution is 0.721. The van der Waals surface area contributed by atoms with Crippen molar-refractivity contribution >= 4 is 27.7 Å². The standard InChI is InChI=1S/C12H19BrN2S/c1-9(2)7-16-8-11(14)5-12-4-3-10(13)6-15-12/h3-4,6,9,11H,5,7-8,14H2,1-2H3. The number of hydrogen-bond acceptors (Lipinski definition) is 3. The lowest BCUT2D eigenvalue weighted by Gasteiger charge is -2.11. The minimum absolute atomic E-state index is 0.206. The molecule has 1 atom stereocenters. The largest absolute Gasteiger partial charge is 0.327 e. The summed E-state index contributed by atoms with van der Waals surface area (Å²) in [7, 11) is 0. The van der Waals surface area contributed by atoms with Gasteiger partial charge in [0, 0.05) is 34.6 Å². The first-order valence-corrected chi connectivity index (χ1v) is 7.46. The Morgan fingerprint density at radius 1 is 1.38 bits per heavy atom. The van der Waals surface area contributed by atoms with E-state index in [2.05, 4.69) is 34.8 Å². The molecule has 0 bridgehead atoms. The van der Waals surface area contributed by atoms with E-state index in [1.165, 1.54) is 5.75 Å². The van der Waals surface area contributed by atoms with Gasteiger partial charge >= 0.3 is 0 Å². The fourth-order valence-electron chi connectivity index (χ4n) is 1.31. The van der Waals surface area contributed by atoms with E-state index in [-0.39, 0.29) is 6.04 Å². The summed E-state index contributed by atoms with van der Waals surface area (Å²) in [5.74, 6) is 2.93. The summed E-state index contributed by atoms with van der Waals surface area (Å²) < 4.78 is 1.01. The molecule has 0 spiro atoms. The van der Waals surface area contributed by atoms with Gasteiger partial charge in [-0.25, -0.2) is 0 Å². The topological polar surface area (TPSA) is 38.9 Å². The van der Waals surface area contributed by atoms with Crippen LogP contribution in [0.25, 0.3) is 0 Å². The average molecular weight is 303 g/mol. The number of hydrogen-bond donors (Lipinski definition) is 1. The molecule has 4 heteroatoms. The van der Waals surface area contributed by atoms with Crippen molar-refractivity contribution in [3.05, 3.63) is 28.5 Å². The molecule has 1 unspecified atom stereocenters. The minimum atomic E-state index is 0.206. The molecule has 2 N–H and O–H groups in total. The number of pyridine rings is 1. The molecule has 0 saturated heterocycles. The van der Waals surface area contributed by atoms with E-state index in [0.29, 0.717) is 0 Å². The maximum Gasteiger partial charge on any atom is 0.0420 e. The first kappa shape index (κ1) is 14.0. The highest BCUT2D eigenvalue weighted by Gasteiger charge is 2.06. The lowest BCUT2D eigenvalue weighted by atomic mass is 10.2. The van der Waals surface area contributed by atoms with E-state index < -0.39 is 0 Å². The van der Waals surface area contributed by atoms with E-state index in [1.54, 1.807) is 0 Å². The molecule has 0 aromatic carbocycles. The quantitative estimate of drug-likeness (QED) is 0.877. The SMILES string of the molecule is CC(C)CSCC(N)Cc1ccc(Br)cn1. The summed E-state index contributed by atoms with van der Waals surface area (Å²) in [6, 6.07) is 4.24. The van der Waals surface area contributed by atoms with E-state index in [4.69, 9.17) is 5.73 Å². The first-order valence-electron chi connectivity index (χ1n) is 5.51. The van der Waals surface area contributed by atoms with Gasteiger partial charge in [-0.1, -0.05) is 13.8 Å². The van der Waals surface area contributed by atoms with Gasteiger partial charge in [0.15, 0.2) is 0 Å². The van der Waals surface area contributed by atoms with Crippen LogP contribution in [-0.4, -0.2) is 22.5 Å². The predicted octanol–water partition coefficient (Wildman–Crippen LogP) is 3.10. The fraction of sp³-hybridized carbons (Fsp3) is 0.583. The fourth-order valence-corrected chi connectivity index (χ4v) is 2.57. The van der Waals surface area contributed by atoms with Crippen LogP contribution in [0.3, 0.4) is 0 Å². The van der Waals surface area contributed by atoms with Crippen molar-refractivity contribution in [1.82, 2.24) is 4.98 Å². The second-order valence-corrected chi connectivity index (χ2v) is 6.35. The van der Waals surface area contributed by atoms with Gasteiger partial charge in [0.1, 0.15) is 0 Å². The molecule has 1 aromatic rings. The third-order valence-electron chi connectivity index (χ3n) is 2.04. The van der Waals surface area contributed by atoms with Gasteiger partial charge in [-0.15, -0.1) is 0 Å². The molecular formula is C12H19BrN2S. The maximum atomic E-state index is 6.06. The zero-order valence-corrected chi connectivity index (χ0v) is 12.2. The van der Waals surface area contributed by atoms with E-state index in [9.17, 15) is 0 Å². The molecule has 0 aliphatic carbocycles. The zero-order valence-electron chi connectivity index (χ0n) is 9.82. The Morgan fingerprint density at radius 2 is 2.12 bits per heavy atom. The first-order chi connectivity index (χ1) is 7.58. The van der Waals surface area contributed by atoms with Gasteiger partial charge in [-0.05, 0) is 39.7 Å². The molecule has 1 aromatic heterocycles.